The molecule has 41 heavy (non-hydrogen) atoms. The van der Waals surface area contributed by atoms with Crippen molar-refractivity contribution in [3.8, 4) is 16.9 Å². The predicted molar refractivity (Wildman–Crippen MR) is 151 cm³/mol. The van der Waals surface area contributed by atoms with Gasteiger partial charge in [0.05, 0.1) is 29.8 Å². The third-order valence-corrected chi connectivity index (χ3v) is 9.00. The summed E-state index contributed by atoms with van der Waals surface area (Å²) < 4.78 is 34.2. The van der Waals surface area contributed by atoms with E-state index in [1.807, 2.05) is 6.07 Å². The number of hydrogen-bond acceptors (Lipinski definition) is 5. The number of allylic oxidation sites excluding steroid dienone is 2. The van der Waals surface area contributed by atoms with Crippen molar-refractivity contribution < 1.29 is 8.78 Å². The molecular formula is C31H23ClF2N6O. The fraction of sp³-hybridized carbons (Fsp3) is 0.258. The maximum absolute atomic E-state index is 15.6. The second-order valence-corrected chi connectivity index (χ2v) is 11.6. The SMILES string of the molecule is C=C1CCc2c(ccc(C3=C(F)N=C(C4C5CC5c5nc(-c6cc(Cl)ccc6-n6ccnn6)cc(=O)n54)C3)c2F)C1. The molecule has 3 unspecified atom stereocenters. The zero-order valence-electron chi connectivity index (χ0n) is 21.8. The molecule has 0 N–H and O–H groups in total. The van der Waals surface area contributed by atoms with Crippen molar-refractivity contribution in [2.75, 3.05) is 0 Å². The van der Waals surface area contributed by atoms with Crippen LogP contribution in [0.2, 0.25) is 5.02 Å². The monoisotopic (exact) mass is 568 g/mol. The minimum atomic E-state index is -0.682. The molecule has 0 amide bonds. The van der Waals surface area contributed by atoms with Crippen molar-refractivity contribution in [1.82, 2.24) is 24.5 Å². The van der Waals surface area contributed by atoms with Gasteiger partial charge >= 0.3 is 0 Å². The van der Waals surface area contributed by atoms with Crippen LogP contribution in [-0.4, -0.2) is 30.3 Å². The highest BCUT2D eigenvalue weighted by Gasteiger charge is 2.56. The standard InChI is InChI=1S/C31H23ClF2N6O/c1-15-2-5-18-16(10-15)3-6-19(28(18)33)21-13-25(36-30(21)34)29-20-12-22(20)31-37-24(14-27(41)40(29)31)23-11-17(32)4-7-26(23)39-9-8-35-38-39/h3-4,6-9,11,14,20,22,29H,1-2,5,10,12-13H2. The summed E-state index contributed by atoms with van der Waals surface area (Å²) in [6.07, 6.45) is 6.20. The first-order valence-corrected chi connectivity index (χ1v) is 14.0. The Morgan fingerprint density at radius 2 is 1.93 bits per heavy atom. The van der Waals surface area contributed by atoms with Crippen LogP contribution in [0.15, 0.2) is 76.7 Å². The molecule has 2 aromatic heterocycles. The summed E-state index contributed by atoms with van der Waals surface area (Å²) in [6, 6.07) is 9.90. The molecular weight excluding hydrogens is 546 g/mol. The van der Waals surface area contributed by atoms with Crippen LogP contribution in [0.1, 0.15) is 53.7 Å². The van der Waals surface area contributed by atoms with Gasteiger partial charge in [-0.1, -0.05) is 41.1 Å². The average Bonchev–Trinajstić information content (AvgIpc) is 3.25. The van der Waals surface area contributed by atoms with E-state index in [2.05, 4.69) is 21.9 Å². The Kier molecular flexibility index (Phi) is 5.32. The van der Waals surface area contributed by atoms with Gasteiger partial charge in [-0.25, -0.2) is 19.0 Å². The van der Waals surface area contributed by atoms with Crippen LogP contribution in [-0.2, 0) is 12.8 Å². The van der Waals surface area contributed by atoms with Crippen molar-refractivity contribution in [1.29, 1.82) is 0 Å². The molecule has 0 radical (unpaired) electrons. The summed E-state index contributed by atoms with van der Waals surface area (Å²) in [7, 11) is 0. The predicted octanol–water partition coefficient (Wildman–Crippen LogP) is 6.17. The Hall–Kier alpha value is -4.24. The van der Waals surface area contributed by atoms with E-state index in [0.717, 1.165) is 24.0 Å². The van der Waals surface area contributed by atoms with Gasteiger partial charge in [0.25, 0.3) is 5.56 Å². The van der Waals surface area contributed by atoms with Crippen LogP contribution in [0.4, 0.5) is 8.78 Å². The third-order valence-electron chi connectivity index (χ3n) is 8.76. The zero-order chi connectivity index (χ0) is 28.0. The first-order chi connectivity index (χ1) is 19.9. The summed E-state index contributed by atoms with van der Waals surface area (Å²) >= 11 is 6.32. The minimum Gasteiger partial charge on any atom is -0.287 e. The van der Waals surface area contributed by atoms with E-state index in [4.69, 9.17) is 16.6 Å². The van der Waals surface area contributed by atoms with Crippen molar-refractivity contribution in [3.63, 3.8) is 0 Å². The summed E-state index contributed by atoms with van der Waals surface area (Å²) in [5.41, 5.74) is 5.24. The maximum Gasteiger partial charge on any atom is 0.254 e. The summed E-state index contributed by atoms with van der Waals surface area (Å²) in [6.45, 7) is 4.03. The molecule has 2 aromatic carbocycles. The molecule has 0 saturated heterocycles. The van der Waals surface area contributed by atoms with E-state index in [9.17, 15) is 4.79 Å². The van der Waals surface area contributed by atoms with Gasteiger partial charge in [0.1, 0.15) is 11.6 Å². The van der Waals surface area contributed by atoms with Crippen LogP contribution >= 0.6 is 11.6 Å². The Morgan fingerprint density at radius 3 is 2.76 bits per heavy atom. The number of benzene rings is 2. The van der Waals surface area contributed by atoms with Crippen molar-refractivity contribution in [2.45, 2.75) is 44.1 Å². The summed E-state index contributed by atoms with van der Waals surface area (Å²) in [4.78, 5) is 22.8. The molecule has 1 saturated carbocycles. The quantitative estimate of drug-likeness (QED) is 0.218. The largest absolute Gasteiger partial charge is 0.287 e. The van der Waals surface area contributed by atoms with E-state index < -0.39 is 12.0 Å². The highest BCUT2D eigenvalue weighted by Crippen LogP contribution is 2.60. The molecule has 2 aliphatic carbocycles. The second kappa shape index (κ2) is 8.88. The lowest BCUT2D eigenvalue weighted by atomic mass is 9.85. The molecule has 7 nitrogen and oxygen atoms in total. The molecule has 4 aliphatic rings. The number of hydrogen-bond donors (Lipinski definition) is 0. The van der Waals surface area contributed by atoms with Crippen molar-refractivity contribution >= 4 is 22.9 Å². The third kappa shape index (κ3) is 3.79. The van der Waals surface area contributed by atoms with Crippen LogP contribution in [0.3, 0.4) is 0 Å². The lowest BCUT2D eigenvalue weighted by molar-refractivity contribution is 0.572. The number of fused-ring (bicyclic) bond motifs is 4. The van der Waals surface area contributed by atoms with E-state index >= 15 is 8.78 Å². The van der Waals surface area contributed by atoms with Crippen molar-refractivity contribution in [3.05, 3.63) is 111 Å². The molecule has 4 heterocycles. The lowest BCUT2D eigenvalue weighted by Gasteiger charge is -2.21. The second-order valence-electron chi connectivity index (χ2n) is 11.2. The Balaban J connectivity index is 1.14. The smallest absolute Gasteiger partial charge is 0.254 e. The van der Waals surface area contributed by atoms with Gasteiger partial charge < -0.3 is 0 Å². The molecule has 8 rings (SSSR count). The highest BCUT2D eigenvalue weighted by molar-refractivity contribution is 6.31. The molecule has 10 heteroatoms. The lowest BCUT2D eigenvalue weighted by Crippen LogP contribution is -2.30. The number of aromatic nitrogens is 5. The number of halogens is 3. The van der Waals surface area contributed by atoms with Gasteiger partial charge in [0.2, 0.25) is 5.95 Å². The molecule has 0 bridgehead atoms. The molecule has 2 aliphatic heterocycles. The molecule has 3 atom stereocenters. The summed E-state index contributed by atoms with van der Waals surface area (Å²) in [5.74, 6) is -0.224. The topological polar surface area (TPSA) is 78.0 Å². The van der Waals surface area contributed by atoms with E-state index in [0.29, 0.717) is 51.9 Å². The van der Waals surface area contributed by atoms with Gasteiger partial charge in [-0.2, -0.15) is 4.39 Å². The maximum atomic E-state index is 15.6. The number of nitrogens with zero attached hydrogens (tertiary/aromatic N) is 6. The van der Waals surface area contributed by atoms with Crippen LogP contribution < -0.4 is 5.56 Å². The first-order valence-electron chi connectivity index (χ1n) is 13.6. The van der Waals surface area contributed by atoms with Gasteiger partial charge in [-0.05, 0) is 60.9 Å². The van der Waals surface area contributed by atoms with Crippen LogP contribution in [0.5, 0.6) is 0 Å². The normalized spacial score (nSPS) is 22.5. The molecule has 1 fully saturated rings. The van der Waals surface area contributed by atoms with E-state index in [-0.39, 0.29) is 40.8 Å². The van der Waals surface area contributed by atoms with E-state index in [1.165, 1.54) is 6.07 Å². The zero-order valence-corrected chi connectivity index (χ0v) is 22.6. The van der Waals surface area contributed by atoms with Crippen LogP contribution in [0.25, 0.3) is 22.5 Å². The molecule has 0 spiro atoms. The summed E-state index contributed by atoms with van der Waals surface area (Å²) in [5, 5.41) is 8.47. The fourth-order valence-electron chi connectivity index (χ4n) is 6.74. The van der Waals surface area contributed by atoms with E-state index in [1.54, 1.807) is 45.9 Å². The van der Waals surface area contributed by atoms with Crippen LogP contribution in [0, 0.1) is 11.7 Å². The minimum absolute atomic E-state index is 0.0741. The fourth-order valence-corrected chi connectivity index (χ4v) is 6.91. The van der Waals surface area contributed by atoms with Gasteiger partial charge in [-0.15, -0.1) is 5.10 Å². The number of aliphatic imine (C=N–C) groups is 1. The molecule has 204 valence electrons. The Morgan fingerprint density at radius 1 is 1.05 bits per heavy atom. The first kappa shape index (κ1) is 24.5. The van der Waals surface area contributed by atoms with Crippen molar-refractivity contribution in [2.24, 2.45) is 10.9 Å². The van der Waals surface area contributed by atoms with Gasteiger partial charge in [0, 0.05) is 45.8 Å². The number of rotatable bonds is 4. The average molecular weight is 569 g/mol. The van der Waals surface area contributed by atoms with Gasteiger partial charge in [0.15, 0.2) is 0 Å². The Labute approximate surface area is 238 Å². The highest BCUT2D eigenvalue weighted by atomic mass is 35.5. The Bertz CT molecular complexity index is 1930. The van der Waals surface area contributed by atoms with Gasteiger partial charge in [-0.3, -0.25) is 9.36 Å². The molecule has 4 aromatic rings.